The Morgan fingerprint density at radius 2 is 2.00 bits per heavy atom. The number of aliphatic hydroxyl groups is 1. The second-order valence-electron chi connectivity index (χ2n) is 4.28. The molecule has 0 unspecified atom stereocenters. The van der Waals surface area contributed by atoms with Crippen LogP contribution in [0.1, 0.15) is 0 Å². The normalized spacial score (nSPS) is 16.8. The van der Waals surface area contributed by atoms with Crippen molar-refractivity contribution in [3.8, 4) is 0 Å². The third-order valence-corrected chi connectivity index (χ3v) is 4.71. The van der Waals surface area contributed by atoms with E-state index in [4.69, 9.17) is 5.11 Å². The Morgan fingerprint density at radius 3 is 2.67 bits per heavy atom. The highest BCUT2D eigenvalue weighted by Crippen LogP contribution is 2.20. The highest BCUT2D eigenvalue weighted by Gasteiger charge is 2.16. The molecule has 1 aliphatic rings. The molecule has 1 aromatic rings. The van der Waals surface area contributed by atoms with Gasteiger partial charge in [-0.25, -0.2) is 8.42 Å². The van der Waals surface area contributed by atoms with Gasteiger partial charge in [-0.15, -0.1) is 0 Å². The fourth-order valence-corrected chi connectivity index (χ4v) is 3.10. The van der Waals surface area contributed by atoms with Gasteiger partial charge in [0.2, 0.25) is 0 Å². The quantitative estimate of drug-likeness (QED) is 0.797. The molecule has 0 atom stereocenters. The van der Waals surface area contributed by atoms with Crippen LogP contribution in [-0.2, 0) is 9.84 Å². The predicted molar refractivity (Wildman–Crippen MR) is 70.7 cm³/mol. The molecule has 5 nitrogen and oxygen atoms in total. The lowest BCUT2D eigenvalue weighted by Gasteiger charge is -2.29. The maximum atomic E-state index is 11.9. The fourth-order valence-electron chi connectivity index (χ4n) is 2.03. The largest absolute Gasteiger partial charge is 0.395 e. The van der Waals surface area contributed by atoms with Crippen molar-refractivity contribution in [2.24, 2.45) is 0 Å². The van der Waals surface area contributed by atoms with Crippen LogP contribution in [0.3, 0.4) is 0 Å². The summed E-state index contributed by atoms with van der Waals surface area (Å²) in [6.07, 6.45) is 0. The molecule has 2 N–H and O–H groups in total. The molecule has 1 heterocycles. The molecular formula is C12H18N2O3S. The Labute approximate surface area is 107 Å². The van der Waals surface area contributed by atoms with Gasteiger partial charge in [0, 0.05) is 31.9 Å². The first-order valence-corrected chi connectivity index (χ1v) is 7.68. The van der Waals surface area contributed by atoms with Crippen molar-refractivity contribution in [2.75, 3.05) is 43.4 Å². The summed E-state index contributed by atoms with van der Waals surface area (Å²) in [5, 5.41) is 12.0. The first-order chi connectivity index (χ1) is 8.63. The van der Waals surface area contributed by atoms with E-state index in [9.17, 15) is 8.42 Å². The lowest BCUT2D eigenvalue weighted by Crippen LogP contribution is -2.43. The molecule has 0 amide bonds. The summed E-state index contributed by atoms with van der Waals surface area (Å²) in [5.41, 5.74) is 0.926. The molecule has 0 aliphatic carbocycles. The molecule has 0 radical (unpaired) electrons. The smallest absolute Gasteiger partial charge is 0.180 e. The number of hydrogen-bond donors (Lipinski definition) is 2. The zero-order valence-electron chi connectivity index (χ0n) is 10.2. The van der Waals surface area contributed by atoms with Crippen molar-refractivity contribution in [1.82, 2.24) is 5.32 Å². The van der Waals surface area contributed by atoms with Gasteiger partial charge in [0.05, 0.1) is 17.3 Å². The Bertz CT molecular complexity index is 496. The zero-order valence-corrected chi connectivity index (χ0v) is 11.0. The van der Waals surface area contributed by atoms with Gasteiger partial charge in [-0.2, -0.15) is 0 Å². The summed E-state index contributed by atoms with van der Waals surface area (Å²) in [5.74, 6) is -0.224. The van der Waals surface area contributed by atoms with E-state index < -0.39 is 9.84 Å². The first kappa shape index (κ1) is 13.3. The average Bonchev–Trinajstić information content (AvgIpc) is 2.40. The van der Waals surface area contributed by atoms with Crippen LogP contribution < -0.4 is 10.2 Å². The highest BCUT2D eigenvalue weighted by molar-refractivity contribution is 7.91. The molecule has 100 valence electrons. The Morgan fingerprint density at radius 1 is 1.28 bits per heavy atom. The molecule has 1 saturated heterocycles. The molecule has 1 aromatic carbocycles. The second kappa shape index (κ2) is 5.69. The number of nitrogens with zero attached hydrogens (tertiary/aromatic N) is 1. The number of benzene rings is 1. The predicted octanol–water partition coefficient (Wildman–Crippen LogP) is -0.138. The van der Waals surface area contributed by atoms with Crippen LogP contribution in [0, 0.1) is 0 Å². The van der Waals surface area contributed by atoms with Crippen molar-refractivity contribution in [1.29, 1.82) is 0 Å². The number of piperazine rings is 1. The van der Waals surface area contributed by atoms with Crippen molar-refractivity contribution >= 4 is 15.5 Å². The average molecular weight is 270 g/mol. The van der Waals surface area contributed by atoms with E-state index >= 15 is 0 Å². The van der Waals surface area contributed by atoms with Crippen molar-refractivity contribution < 1.29 is 13.5 Å². The minimum Gasteiger partial charge on any atom is -0.395 e. The molecule has 0 saturated carbocycles. The van der Waals surface area contributed by atoms with Crippen molar-refractivity contribution in [2.45, 2.75) is 4.90 Å². The summed E-state index contributed by atoms with van der Waals surface area (Å²) in [7, 11) is -3.36. The van der Waals surface area contributed by atoms with Crippen LogP contribution in [0.25, 0.3) is 0 Å². The summed E-state index contributed by atoms with van der Waals surface area (Å²) in [6, 6.07) is 6.94. The van der Waals surface area contributed by atoms with Gasteiger partial charge in [0.1, 0.15) is 0 Å². The summed E-state index contributed by atoms with van der Waals surface area (Å²) >= 11 is 0. The lowest BCUT2D eigenvalue weighted by molar-refractivity contribution is 0.319. The van der Waals surface area contributed by atoms with Gasteiger partial charge in [0.25, 0.3) is 0 Å². The fraction of sp³-hybridized carbons (Fsp3) is 0.500. The second-order valence-corrected chi connectivity index (χ2v) is 6.39. The number of rotatable bonds is 4. The van der Waals surface area contributed by atoms with E-state index in [0.717, 1.165) is 31.9 Å². The number of aliphatic hydroxyl groups excluding tert-OH is 1. The molecule has 0 bridgehead atoms. The minimum atomic E-state index is -3.36. The van der Waals surface area contributed by atoms with E-state index in [0.29, 0.717) is 0 Å². The maximum Gasteiger partial charge on any atom is 0.180 e. The van der Waals surface area contributed by atoms with Gasteiger partial charge in [0.15, 0.2) is 9.84 Å². The number of nitrogens with one attached hydrogen (secondary N) is 1. The van der Waals surface area contributed by atoms with Gasteiger partial charge in [-0.1, -0.05) is 6.07 Å². The molecule has 1 aliphatic heterocycles. The molecule has 2 rings (SSSR count). The third kappa shape index (κ3) is 3.01. The topological polar surface area (TPSA) is 69.6 Å². The molecular weight excluding hydrogens is 252 g/mol. The Hall–Kier alpha value is -1.11. The van der Waals surface area contributed by atoms with Gasteiger partial charge < -0.3 is 15.3 Å². The minimum absolute atomic E-state index is 0.224. The molecule has 6 heteroatoms. The molecule has 18 heavy (non-hydrogen) atoms. The van der Waals surface area contributed by atoms with Crippen LogP contribution in [0.15, 0.2) is 29.2 Å². The first-order valence-electron chi connectivity index (χ1n) is 6.03. The van der Waals surface area contributed by atoms with Crippen molar-refractivity contribution in [3.63, 3.8) is 0 Å². The van der Waals surface area contributed by atoms with Gasteiger partial charge in [-0.3, -0.25) is 0 Å². The maximum absolute atomic E-state index is 11.9. The summed E-state index contributed by atoms with van der Waals surface area (Å²) in [6.45, 7) is 3.23. The van der Waals surface area contributed by atoms with E-state index in [-0.39, 0.29) is 17.3 Å². The summed E-state index contributed by atoms with van der Waals surface area (Å²) in [4.78, 5) is 2.45. The van der Waals surface area contributed by atoms with Crippen LogP contribution in [0.5, 0.6) is 0 Å². The number of anilines is 1. The molecule has 0 spiro atoms. The monoisotopic (exact) mass is 270 g/mol. The Balaban J connectivity index is 2.24. The van der Waals surface area contributed by atoms with Crippen LogP contribution in [0.4, 0.5) is 5.69 Å². The molecule has 0 aromatic heterocycles. The van der Waals surface area contributed by atoms with E-state index in [1.807, 2.05) is 6.07 Å². The van der Waals surface area contributed by atoms with E-state index in [1.54, 1.807) is 18.2 Å². The van der Waals surface area contributed by atoms with Crippen LogP contribution >= 0.6 is 0 Å². The van der Waals surface area contributed by atoms with Crippen LogP contribution in [0.2, 0.25) is 0 Å². The number of sulfone groups is 1. The van der Waals surface area contributed by atoms with Crippen LogP contribution in [-0.4, -0.2) is 52.1 Å². The van der Waals surface area contributed by atoms with Gasteiger partial charge in [-0.05, 0) is 18.2 Å². The standard InChI is InChI=1S/C12H18N2O3S/c15-8-9-18(16,17)12-3-1-2-11(10-12)14-6-4-13-5-7-14/h1-3,10,13,15H,4-9H2. The highest BCUT2D eigenvalue weighted by atomic mass is 32.2. The zero-order chi connectivity index (χ0) is 13.0. The van der Waals surface area contributed by atoms with Gasteiger partial charge >= 0.3 is 0 Å². The van der Waals surface area contributed by atoms with E-state index in [1.165, 1.54) is 0 Å². The SMILES string of the molecule is O=S(=O)(CCO)c1cccc(N2CCNCC2)c1. The lowest BCUT2D eigenvalue weighted by atomic mass is 10.2. The van der Waals surface area contributed by atoms with E-state index in [2.05, 4.69) is 10.2 Å². The molecule has 1 fully saturated rings. The Kier molecular flexibility index (Phi) is 4.21. The van der Waals surface area contributed by atoms with Crippen molar-refractivity contribution in [3.05, 3.63) is 24.3 Å². The number of hydrogen-bond acceptors (Lipinski definition) is 5. The third-order valence-electron chi connectivity index (χ3n) is 3.02. The summed E-state index contributed by atoms with van der Waals surface area (Å²) < 4.78 is 23.8.